The fraction of sp³-hybridized carbons (Fsp3) is 0.571. The summed E-state index contributed by atoms with van der Waals surface area (Å²) in [7, 11) is 1.69. The molecular formula is C14H19Cl2N3O3. The first-order valence-electron chi connectivity index (χ1n) is 7.04. The number of ether oxygens (including phenoxy) is 1. The van der Waals surface area contributed by atoms with Crippen LogP contribution in [0.25, 0.3) is 0 Å². The summed E-state index contributed by atoms with van der Waals surface area (Å²) in [5, 5.41) is 17.9. The Bertz CT molecular complexity index is 520. The van der Waals surface area contributed by atoms with Crippen molar-refractivity contribution in [1.29, 1.82) is 0 Å². The van der Waals surface area contributed by atoms with E-state index in [1.807, 2.05) is 0 Å². The molecule has 1 aliphatic rings. The average molecular weight is 348 g/mol. The van der Waals surface area contributed by atoms with Gasteiger partial charge in [0.1, 0.15) is 0 Å². The molecule has 0 unspecified atom stereocenters. The third-order valence-corrected chi connectivity index (χ3v) is 4.59. The maximum absolute atomic E-state index is 10.8. The van der Waals surface area contributed by atoms with Crippen molar-refractivity contribution in [2.45, 2.75) is 12.8 Å². The third-order valence-electron chi connectivity index (χ3n) is 3.99. The lowest BCUT2D eigenvalue weighted by atomic mass is 9.79. The van der Waals surface area contributed by atoms with Gasteiger partial charge in [0.2, 0.25) is 0 Å². The smallest absolute Gasteiger partial charge is 0.272 e. The zero-order valence-corrected chi connectivity index (χ0v) is 13.8. The molecule has 122 valence electrons. The van der Waals surface area contributed by atoms with E-state index in [4.69, 9.17) is 27.9 Å². The number of nitro benzene ring substituents is 1. The number of non-ortho nitro benzene ring substituents is 1. The maximum Gasteiger partial charge on any atom is 0.272 e. The van der Waals surface area contributed by atoms with Crippen molar-refractivity contribution in [3.63, 3.8) is 0 Å². The summed E-state index contributed by atoms with van der Waals surface area (Å²) in [6, 6.07) is 2.61. The number of hydrogen-bond acceptors (Lipinski definition) is 5. The van der Waals surface area contributed by atoms with Gasteiger partial charge in [-0.3, -0.25) is 10.1 Å². The largest absolute Gasteiger partial charge is 0.384 e. The van der Waals surface area contributed by atoms with E-state index < -0.39 is 4.92 Å². The lowest BCUT2D eigenvalue weighted by Crippen LogP contribution is -2.44. The van der Waals surface area contributed by atoms with Gasteiger partial charge in [-0.15, -0.1) is 0 Å². The van der Waals surface area contributed by atoms with Crippen molar-refractivity contribution < 1.29 is 9.66 Å². The second-order valence-electron chi connectivity index (χ2n) is 5.58. The Kier molecular flexibility index (Phi) is 5.86. The number of piperidine rings is 1. The zero-order chi connectivity index (χ0) is 16.2. The first-order chi connectivity index (χ1) is 10.5. The topological polar surface area (TPSA) is 76.4 Å². The molecule has 1 aliphatic heterocycles. The molecule has 0 radical (unpaired) electrons. The van der Waals surface area contributed by atoms with Crippen molar-refractivity contribution in [2.75, 3.05) is 38.7 Å². The van der Waals surface area contributed by atoms with Crippen LogP contribution in [-0.4, -0.2) is 38.3 Å². The van der Waals surface area contributed by atoms with Crippen LogP contribution in [0.15, 0.2) is 12.1 Å². The van der Waals surface area contributed by atoms with Gasteiger partial charge in [-0.2, -0.15) is 0 Å². The van der Waals surface area contributed by atoms with E-state index in [-0.39, 0.29) is 21.1 Å². The first kappa shape index (κ1) is 17.3. The van der Waals surface area contributed by atoms with Crippen molar-refractivity contribution in [3.8, 4) is 0 Å². The standard InChI is InChI=1S/C14H19Cl2N3O3/c1-22-9-14(2-4-17-5-3-14)8-18-13-11(15)6-10(19(20)21)7-12(13)16/h6-7,17-18H,2-5,8-9H2,1H3. The predicted octanol–water partition coefficient (Wildman–Crippen LogP) is 3.33. The van der Waals surface area contributed by atoms with E-state index in [0.29, 0.717) is 18.8 Å². The van der Waals surface area contributed by atoms with Gasteiger partial charge < -0.3 is 15.4 Å². The van der Waals surface area contributed by atoms with E-state index in [1.54, 1.807) is 7.11 Å². The van der Waals surface area contributed by atoms with Crippen LogP contribution in [0.4, 0.5) is 11.4 Å². The minimum atomic E-state index is -0.513. The molecule has 1 aromatic carbocycles. The van der Waals surface area contributed by atoms with Crippen molar-refractivity contribution in [1.82, 2.24) is 5.32 Å². The van der Waals surface area contributed by atoms with Crippen LogP contribution in [0.5, 0.6) is 0 Å². The van der Waals surface area contributed by atoms with E-state index in [9.17, 15) is 10.1 Å². The maximum atomic E-state index is 10.8. The minimum absolute atomic E-state index is 0.00837. The quantitative estimate of drug-likeness (QED) is 0.609. The number of anilines is 1. The van der Waals surface area contributed by atoms with Crippen LogP contribution in [-0.2, 0) is 4.74 Å². The zero-order valence-electron chi connectivity index (χ0n) is 12.3. The Morgan fingerprint density at radius 3 is 2.45 bits per heavy atom. The number of methoxy groups -OCH3 is 1. The fourth-order valence-electron chi connectivity index (χ4n) is 2.75. The molecule has 0 spiro atoms. The second-order valence-corrected chi connectivity index (χ2v) is 6.39. The Labute approximate surface area is 139 Å². The van der Waals surface area contributed by atoms with Gasteiger partial charge in [-0.25, -0.2) is 0 Å². The Morgan fingerprint density at radius 2 is 1.95 bits per heavy atom. The highest BCUT2D eigenvalue weighted by molar-refractivity contribution is 6.39. The molecule has 0 atom stereocenters. The molecule has 0 aliphatic carbocycles. The van der Waals surface area contributed by atoms with Gasteiger partial charge in [0.25, 0.3) is 5.69 Å². The monoisotopic (exact) mass is 347 g/mol. The average Bonchev–Trinajstić information content (AvgIpc) is 2.47. The molecule has 0 bridgehead atoms. The highest BCUT2D eigenvalue weighted by atomic mass is 35.5. The SMILES string of the molecule is COCC1(CNc2c(Cl)cc([N+](=O)[O-])cc2Cl)CCNCC1. The van der Waals surface area contributed by atoms with Gasteiger partial charge in [-0.05, 0) is 25.9 Å². The summed E-state index contributed by atoms with van der Waals surface area (Å²) < 4.78 is 5.36. The molecule has 6 nitrogen and oxygen atoms in total. The van der Waals surface area contributed by atoms with Crippen LogP contribution >= 0.6 is 23.2 Å². The molecule has 1 saturated heterocycles. The molecule has 1 fully saturated rings. The van der Waals surface area contributed by atoms with E-state index in [1.165, 1.54) is 12.1 Å². The Hall–Kier alpha value is -1.08. The van der Waals surface area contributed by atoms with Crippen LogP contribution in [0, 0.1) is 15.5 Å². The van der Waals surface area contributed by atoms with E-state index >= 15 is 0 Å². The van der Waals surface area contributed by atoms with Gasteiger partial charge in [-0.1, -0.05) is 23.2 Å². The third kappa shape index (κ3) is 4.01. The molecule has 0 amide bonds. The number of rotatable bonds is 6. The summed E-state index contributed by atoms with van der Waals surface area (Å²) in [4.78, 5) is 10.3. The number of benzene rings is 1. The van der Waals surface area contributed by atoms with Crippen LogP contribution in [0.2, 0.25) is 10.0 Å². The van der Waals surface area contributed by atoms with Gasteiger partial charge in [0.05, 0.1) is 27.3 Å². The van der Waals surface area contributed by atoms with Crippen LogP contribution in [0.3, 0.4) is 0 Å². The summed E-state index contributed by atoms with van der Waals surface area (Å²) in [5.41, 5.74) is 0.422. The highest BCUT2D eigenvalue weighted by Gasteiger charge is 2.32. The summed E-state index contributed by atoms with van der Waals surface area (Å²) in [6.07, 6.45) is 1.96. The van der Waals surface area contributed by atoms with E-state index in [2.05, 4.69) is 10.6 Å². The number of hydrogen-bond donors (Lipinski definition) is 2. The molecule has 1 heterocycles. The molecule has 2 rings (SSSR count). The number of nitrogens with one attached hydrogen (secondary N) is 2. The molecule has 8 heteroatoms. The Balaban J connectivity index is 2.14. The van der Waals surface area contributed by atoms with E-state index in [0.717, 1.165) is 25.9 Å². The summed E-state index contributed by atoms with van der Waals surface area (Å²) in [5.74, 6) is 0. The van der Waals surface area contributed by atoms with Crippen LogP contribution < -0.4 is 10.6 Å². The molecule has 2 N–H and O–H groups in total. The second kappa shape index (κ2) is 7.46. The predicted molar refractivity (Wildman–Crippen MR) is 88.0 cm³/mol. The minimum Gasteiger partial charge on any atom is -0.384 e. The van der Waals surface area contributed by atoms with Crippen molar-refractivity contribution in [2.24, 2.45) is 5.41 Å². The summed E-state index contributed by atoms with van der Waals surface area (Å²) >= 11 is 12.2. The normalized spacial score (nSPS) is 17.2. The molecular weight excluding hydrogens is 329 g/mol. The highest BCUT2D eigenvalue weighted by Crippen LogP contribution is 2.37. The Morgan fingerprint density at radius 1 is 1.36 bits per heavy atom. The van der Waals surface area contributed by atoms with Gasteiger partial charge in [0.15, 0.2) is 0 Å². The molecule has 1 aromatic rings. The van der Waals surface area contributed by atoms with Gasteiger partial charge >= 0.3 is 0 Å². The van der Waals surface area contributed by atoms with Crippen molar-refractivity contribution >= 4 is 34.6 Å². The van der Waals surface area contributed by atoms with Gasteiger partial charge in [0, 0.05) is 31.2 Å². The molecule has 0 saturated carbocycles. The number of nitrogens with zero attached hydrogens (tertiary/aromatic N) is 1. The lowest BCUT2D eigenvalue weighted by Gasteiger charge is -2.37. The first-order valence-corrected chi connectivity index (χ1v) is 7.80. The number of nitro groups is 1. The lowest BCUT2D eigenvalue weighted by molar-refractivity contribution is -0.384. The van der Waals surface area contributed by atoms with Crippen LogP contribution in [0.1, 0.15) is 12.8 Å². The summed E-state index contributed by atoms with van der Waals surface area (Å²) in [6.45, 7) is 3.17. The van der Waals surface area contributed by atoms with Crippen molar-refractivity contribution in [3.05, 3.63) is 32.3 Å². The molecule has 22 heavy (non-hydrogen) atoms. The fourth-order valence-corrected chi connectivity index (χ4v) is 3.35. The molecule has 0 aromatic heterocycles. The number of halogens is 2.